The first-order valence-electron chi connectivity index (χ1n) is 7.03. The van der Waals surface area contributed by atoms with E-state index in [0.29, 0.717) is 17.0 Å². The van der Waals surface area contributed by atoms with Crippen molar-refractivity contribution < 1.29 is 9.90 Å². The van der Waals surface area contributed by atoms with Gasteiger partial charge in [0.15, 0.2) is 5.16 Å². The summed E-state index contributed by atoms with van der Waals surface area (Å²) in [4.78, 5) is 10.7. The average Bonchev–Trinajstić information content (AvgIpc) is 3.19. The molecule has 2 aromatic rings. The lowest BCUT2D eigenvalue weighted by atomic mass is 10.1. The summed E-state index contributed by atoms with van der Waals surface area (Å²) in [5.74, 6) is 1.09. The third kappa shape index (κ3) is 2.95. The van der Waals surface area contributed by atoms with E-state index < -0.39 is 5.97 Å². The number of thioether (sulfide) groups is 1. The van der Waals surface area contributed by atoms with E-state index >= 15 is 0 Å². The van der Waals surface area contributed by atoms with Crippen molar-refractivity contribution in [1.82, 2.24) is 14.8 Å². The second-order valence-corrected chi connectivity index (χ2v) is 6.07. The molecule has 0 aliphatic heterocycles. The maximum Gasteiger partial charge on any atom is 0.313 e. The molecule has 1 aliphatic carbocycles. The first-order chi connectivity index (χ1) is 10.2. The van der Waals surface area contributed by atoms with Gasteiger partial charge < -0.3 is 9.67 Å². The van der Waals surface area contributed by atoms with Crippen LogP contribution in [0.3, 0.4) is 0 Å². The minimum atomic E-state index is -0.833. The van der Waals surface area contributed by atoms with Crippen LogP contribution in [0.25, 0.3) is 0 Å². The molecule has 3 rings (SSSR count). The van der Waals surface area contributed by atoms with Gasteiger partial charge >= 0.3 is 5.97 Å². The Kier molecular flexibility index (Phi) is 3.96. The standard InChI is InChI=1S/C15H17N3O2S/c1-2-18-14(16-17-15(18)21-9-13(19)20)12-8-11(12)10-6-4-3-5-7-10/h3-7,11-12H,2,8-9H2,1H3,(H,19,20). The van der Waals surface area contributed by atoms with Crippen LogP contribution in [0.5, 0.6) is 0 Å². The van der Waals surface area contributed by atoms with E-state index in [-0.39, 0.29) is 5.75 Å². The molecule has 6 heteroatoms. The molecule has 1 aromatic heterocycles. The van der Waals surface area contributed by atoms with E-state index in [1.54, 1.807) is 0 Å². The van der Waals surface area contributed by atoms with E-state index in [2.05, 4.69) is 34.5 Å². The van der Waals surface area contributed by atoms with Crippen LogP contribution in [0.2, 0.25) is 0 Å². The zero-order chi connectivity index (χ0) is 14.8. The van der Waals surface area contributed by atoms with E-state index in [4.69, 9.17) is 5.11 Å². The zero-order valence-corrected chi connectivity index (χ0v) is 12.6. The van der Waals surface area contributed by atoms with Crippen LogP contribution in [0, 0.1) is 0 Å². The Labute approximate surface area is 127 Å². The average molecular weight is 303 g/mol. The second-order valence-electron chi connectivity index (χ2n) is 5.13. The number of rotatable bonds is 6. The van der Waals surface area contributed by atoms with Gasteiger partial charge in [-0.1, -0.05) is 42.1 Å². The van der Waals surface area contributed by atoms with Crippen LogP contribution >= 0.6 is 11.8 Å². The molecule has 0 spiro atoms. The number of hydrogen-bond acceptors (Lipinski definition) is 4. The minimum Gasteiger partial charge on any atom is -0.481 e. The van der Waals surface area contributed by atoms with Crippen molar-refractivity contribution in [2.75, 3.05) is 5.75 Å². The van der Waals surface area contributed by atoms with Gasteiger partial charge in [-0.3, -0.25) is 4.79 Å². The lowest BCUT2D eigenvalue weighted by Gasteiger charge is -2.06. The molecule has 1 N–H and O–H groups in total. The molecule has 1 aliphatic rings. The number of carbonyl (C=O) groups is 1. The first kappa shape index (κ1) is 14.1. The highest BCUT2D eigenvalue weighted by atomic mass is 32.2. The van der Waals surface area contributed by atoms with Gasteiger partial charge in [-0.2, -0.15) is 0 Å². The quantitative estimate of drug-likeness (QED) is 0.831. The fourth-order valence-electron chi connectivity index (χ4n) is 2.65. The molecule has 1 aromatic carbocycles. The van der Waals surface area contributed by atoms with Crippen molar-refractivity contribution in [3.8, 4) is 0 Å². The van der Waals surface area contributed by atoms with Crippen LogP contribution in [-0.4, -0.2) is 31.6 Å². The number of carboxylic acids is 1. The second kappa shape index (κ2) is 5.89. The van der Waals surface area contributed by atoms with Crippen LogP contribution < -0.4 is 0 Å². The maximum absolute atomic E-state index is 10.7. The van der Waals surface area contributed by atoms with Gasteiger partial charge in [-0.25, -0.2) is 0 Å². The summed E-state index contributed by atoms with van der Waals surface area (Å²) < 4.78 is 2.04. The molecule has 1 fully saturated rings. The summed E-state index contributed by atoms with van der Waals surface area (Å²) >= 11 is 1.23. The first-order valence-corrected chi connectivity index (χ1v) is 8.02. The van der Waals surface area contributed by atoms with E-state index in [1.807, 2.05) is 17.6 Å². The molecule has 110 valence electrons. The summed E-state index contributed by atoms with van der Waals surface area (Å²) in [6.45, 7) is 2.81. The van der Waals surface area contributed by atoms with Crippen LogP contribution in [0.15, 0.2) is 35.5 Å². The van der Waals surface area contributed by atoms with E-state index in [1.165, 1.54) is 17.3 Å². The normalized spacial score (nSPS) is 20.4. The third-order valence-electron chi connectivity index (χ3n) is 3.74. The van der Waals surface area contributed by atoms with Gasteiger partial charge in [0.2, 0.25) is 0 Å². The third-order valence-corrected chi connectivity index (χ3v) is 4.69. The molecule has 1 saturated carbocycles. The Morgan fingerprint density at radius 2 is 2.10 bits per heavy atom. The van der Waals surface area contributed by atoms with E-state index in [0.717, 1.165) is 18.8 Å². The minimum absolute atomic E-state index is 0.0188. The Bertz CT molecular complexity index is 642. The van der Waals surface area contributed by atoms with Crippen molar-refractivity contribution in [1.29, 1.82) is 0 Å². The molecular formula is C15H17N3O2S. The summed E-state index contributed by atoms with van der Waals surface area (Å²) in [5, 5.41) is 17.9. The Morgan fingerprint density at radius 3 is 2.76 bits per heavy atom. The predicted octanol–water partition coefficient (Wildman–Crippen LogP) is 2.75. The number of benzene rings is 1. The fourth-order valence-corrected chi connectivity index (χ4v) is 3.38. The van der Waals surface area contributed by atoms with Crippen LogP contribution in [0.1, 0.15) is 36.6 Å². The van der Waals surface area contributed by atoms with Crippen molar-refractivity contribution in [2.45, 2.75) is 36.9 Å². The Balaban J connectivity index is 1.76. The molecule has 21 heavy (non-hydrogen) atoms. The smallest absolute Gasteiger partial charge is 0.313 e. The highest BCUT2D eigenvalue weighted by Crippen LogP contribution is 2.54. The highest BCUT2D eigenvalue weighted by molar-refractivity contribution is 7.99. The van der Waals surface area contributed by atoms with Crippen LogP contribution in [0.4, 0.5) is 0 Å². The van der Waals surface area contributed by atoms with Gasteiger partial charge in [0.1, 0.15) is 5.82 Å². The van der Waals surface area contributed by atoms with Crippen LogP contribution in [-0.2, 0) is 11.3 Å². The zero-order valence-electron chi connectivity index (χ0n) is 11.8. The molecule has 0 bridgehead atoms. The monoisotopic (exact) mass is 303 g/mol. The van der Waals surface area contributed by atoms with Crippen molar-refractivity contribution >= 4 is 17.7 Å². The Morgan fingerprint density at radius 1 is 1.33 bits per heavy atom. The fraction of sp³-hybridized carbons (Fsp3) is 0.400. The topological polar surface area (TPSA) is 68.0 Å². The maximum atomic E-state index is 10.7. The van der Waals surface area contributed by atoms with Crippen molar-refractivity contribution in [3.63, 3.8) is 0 Å². The van der Waals surface area contributed by atoms with E-state index in [9.17, 15) is 4.79 Å². The number of aliphatic carboxylic acids is 1. The molecule has 1 heterocycles. The van der Waals surface area contributed by atoms with Gasteiger partial charge in [0, 0.05) is 12.5 Å². The predicted molar refractivity (Wildman–Crippen MR) is 80.6 cm³/mol. The molecule has 0 radical (unpaired) electrons. The summed E-state index contributed by atoms with van der Waals surface area (Å²) in [6.07, 6.45) is 1.09. The SMILES string of the molecule is CCn1c(SCC(=O)O)nnc1C1CC1c1ccccc1. The molecule has 0 saturated heterocycles. The molecule has 2 atom stereocenters. The Hall–Kier alpha value is -1.82. The van der Waals surface area contributed by atoms with Gasteiger partial charge in [-0.05, 0) is 24.8 Å². The molecular weight excluding hydrogens is 286 g/mol. The van der Waals surface area contributed by atoms with Crippen molar-refractivity contribution in [3.05, 3.63) is 41.7 Å². The summed E-state index contributed by atoms with van der Waals surface area (Å²) in [7, 11) is 0. The summed E-state index contributed by atoms with van der Waals surface area (Å²) in [6, 6.07) is 10.4. The van der Waals surface area contributed by atoms with Gasteiger partial charge in [0.25, 0.3) is 0 Å². The lowest BCUT2D eigenvalue weighted by molar-refractivity contribution is -0.133. The lowest BCUT2D eigenvalue weighted by Crippen LogP contribution is -2.05. The van der Waals surface area contributed by atoms with Crippen molar-refractivity contribution in [2.24, 2.45) is 0 Å². The number of nitrogens with zero attached hydrogens (tertiary/aromatic N) is 3. The van der Waals surface area contributed by atoms with Gasteiger partial charge in [-0.15, -0.1) is 10.2 Å². The largest absolute Gasteiger partial charge is 0.481 e. The number of aromatic nitrogens is 3. The number of carboxylic acid groups (broad SMARTS) is 1. The van der Waals surface area contributed by atoms with Gasteiger partial charge in [0.05, 0.1) is 5.75 Å². The molecule has 2 unspecified atom stereocenters. The summed E-state index contributed by atoms with van der Waals surface area (Å²) in [5.41, 5.74) is 1.34. The number of hydrogen-bond donors (Lipinski definition) is 1. The molecule has 0 amide bonds. The highest BCUT2D eigenvalue weighted by Gasteiger charge is 2.43. The molecule has 5 nitrogen and oxygen atoms in total.